The number of amides is 1. The largest absolute Gasteiger partial charge is 0.309 e. The number of anilines is 1. The third-order valence-electron chi connectivity index (χ3n) is 5.39. The summed E-state index contributed by atoms with van der Waals surface area (Å²) in [5.74, 6) is 1.34. The molecule has 1 heterocycles. The van der Waals surface area contributed by atoms with Crippen LogP contribution in [0.25, 0.3) is 11.0 Å². The van der Waals surface area contributed by atoms with Gasteiger partial charge in [0.25, 0.3) is 0 Å². The van der Waals surface area contributed by atoms with Gasteiger partial charge in [0.05, 0.1) is 11.0 Å². The molecule has 1 aliphatic carbocycles. The van der Waals surface area contributed by atoms with Crippen LogP contribution in [0.5, 0.6) is 0 Å². The average molecular weight is 342 g/mol. The lowest BCUT2D eigenvalue weighted by Crippen LogP contribution is -2.28. The van der Waals surface area contributed by atoms with Crippen LogP contribution in [0.4, 0.5) is 5.95 Å². The number of fused-ring (bicyclic) bond motifs is 1. The summed E-state index contributed by atoms with van der Waals surface area (Å²) in [7, 11) is 0. The number of likely N-dealkylation sites (N-methyl/N-ethyl adjacent to an activating group) is 1. The molecule has 5 nitrogen and oxygen atoms in total. The van der Waals surface area contributed by atoms with Crippen molar-refractivity contribution in [3.8, 4) is 0 Å². The maximum atomic E-state index is 12.5. The van der Waals surface area contributed by atoms with Gasteiger partial charge in [0.1, 0.15) is 0 Å². The smallest absolute Gasteiger partial charge is 0.226 e. The van der Waals surface area contributed by atoms with Crippen molar-refractivity contribution >= 4 is 22.9 Å². The van der Waals surface area contributed by atoms with Gasteiger partial charge in [0.15, 0.2) is 0 Å². The van der Waals surface area contributed by atoms with E-state index >= 15 is 0 Å². The lowest BCUT2D eigenvalue weighted by atomic mass is 10.0. The lowest BCUT2D eigenvalue weighted by Gasteiger charge is -2.19. The van der Waals surface area contributed by atoms with E-state index in [0.29, 0.717) is 18.3 Å². The second-order valence-corrected chi connectivity index (χ2v) is 7.01. The summed E-state index contributed by atoms with van der Waals surface area (Å²) < 4.78 is 2.15. The Bertz CT molecular complexity index is 699. The van der Waals surface area contributed by atoms with E-state index < -0.39 is 0 Å². The predicted octanol–water partition coefficient (Wildman–Crippen LogP) is 3.90. The maximum Gasteiger partial charge on any atom is 0.226 e. The number of nitrogens with one attached hydrogen (secondary N) is 1. The summed E-state index contributed by atoms with van der Waals surface area (Å²) in [5, 5.41) is 3.08. The monoisotopic (exact) mass is 342 g/mol. The molecule has 2 aromatic rings. The fraction of sp³-hybridized carbons (Fsp3) is 0.600. The Morgan fingerprint density at radius 3 is 2.68 bits per heavy atom. The molecule has 0 spiro atoms. The van der Waals surface area contributed by atoms with E-state index in [1.807, 2.05) is 18.2 Å². The van der Waals surface area contributed by atoms with Crippen LogP contribution in [0, 0.1) is 5.92 Å². The Hall–Kier alpha value is -1.88. The molecule has 1 saturated carbocycles. The Balaban J connectivity index is 1.75. The second-order valence-electron chi connectivity index (χ2n) is 7.01. The molecule has 1 fully saturated rings. The molecule has 0 atom stereocenters. The highest BCUT2D eigenvalue weighted by Crippen LogP contribution is 2.28. The number of hydrogen-bond donors (Lipinski definition) is 1. The zero-order chi connectivity index (χ0) is 17.6. The minimum absolute atomic E-state index is 0.103. The minimum Gasteiger partial charge on any atom is -0.309 e. The molecule has 0 bridgehead atoms. The van der Waals surface area contributed by atoms with Crippen molar-refractivity contribution in [3.63, 3.8) is 0 Å². The first-order valence-electron chi connectivity index (χ1n) is 9.68. The van der Waals surface area contributed by atoms with Crippen molar-refractivity contribution in [1.29, 1.82) is 0 Å². The van der Waals surface area contributed by atoms with Crippen LogP contribution in [0.3, 0.4) is 0 Å². The summed E-state index contributed by atoms with van der Waals surface area (Å²) in [6.45, 7) is 8.22. The van der Waals surface area contributed by atoms with Gasteiger partial charge in [0, 0.05) is 19.5 Å². The number of benzene rings is 1. The van der Waals surface area contributed by atoms with E-state index in [1.54, 1.807) is 0 Å². The number of hydrogen-bond acceptors (Lipinski definition) is 3. The zero-order valence-electron chi connectivity index (χ0n) is 15.5. The molecule has 1 amide bonds. The molecular formula is C20H30N4O. The number of aromatic nitrogens is 2. The maximum absolute atomic E-state index is 12.5. The Kier molecular flexibility index (Phi) is 6.08. The fourth-order valence-electron chi connectivity index (χ4n) is 3.83. The third-order valence-corrected chi connectivity index (χ3v) is 5.39. The Labute approximate surface area is 150 Å². The first kappa shape index (κ1) is 17.9. The standard InChI is InChI=1S/C20H30N4O/c1-3-23(4-2)13-14-24-18-12-8-7-11-17(18)21-20(24)22-19(25)15-16-9-5-6-10-16/h7-8,11-12,16H,3-6,9-10,13-15H2,1-2H3,(H,21,22,25). The van der Waals surface area contributed by atoms with Crippen molar-refractivity contribution in [3.05, 3.63) is 24.3 Å². The van der Waals surface area contributed by atoms with Crippen LogP contribution in [0.15, 0.2) is 24.3 Å². The van der Waals surface area contributed by atoms with Gasteiger partial charge < -0.3 is 9.47 Å². The molecule has 0 radical (unpaired) electrons. The number of para-hydroxylation sites is 2. The predicted molar refractivity (Wildman–Crippen MR) is 103 cm³/mol. The van der Waals surface area contributed by atoms with Gasteiger partial charge in [-0.2, -0.15) is 0 Å². The van der Waals surface area contributed by atoms with Crippen LogP contribution >= 0.6 is 0 Å². The van der Waals surface area contributed by atoms with Gasteiger partial charge in [-0.05, 0) is 44.0 Å². The quantitative estimate of drug-likeness (QED) is 0.791. The van der Waals surface area contributed by atoms with E-state index in [9.17, 15) is 4.79 Å². The Morgan fingerprint density at radius 1 is 1.24 bits per heavy atom. The molecule has 5 heteroatoms. The van der Waals surface area contributed by atoms with E-state index in [2.05, 4.69) is 39.7 Å². The lowest BCUT2D eigenvalue weighted by molar-refractivity contribution is -0.117. The molecule has 1 aliphatic rings. The minimum atomic E-state index is 0.103. The highest BCUT2D eigenvalue weighted by atomic mass is 16.1. The summed E-state index contributed by atoms with van der Waals surface area (Å²) in [4.78, 5) is 19.5. The number of carbonyl (C=O) groups excluding carboxylic acids is 1. The fourth-order valence-corrected chi connectivity index (χ4v) is 3.83. The van der Waals surface area contributed by atoms with Crippen molar-refractivity contribution in [2.45, 2.75) is 52.5 Å². The SMILES string of the molecule is CCN(CC)CCn1c(NC(=O)CC2CCCC2)nc2ccccc21. The van der Waals surface area contributed by atoms with Gasteiger partial charge in [-0.25, -0.2) is 4.98 Å². The normalized spacial score (nSPS) is 15.3. The van der Waals surface area contributed by atoms with Gasteiger partial charge in [-0.1, -0.05) is 38.8 Å². The van der Waals surface area contributed by atoms with Gasteiger partial charge in [-0.3, -0.25) is 10.1 Å². The second kappa shape index (κ2) is 8.48. The Morgan fingerprint density at radius 2 is 1.96 bits per heavy atom. The van der Waals surface area contributed by atoms with E-state index in [4.69, 9.17) is 0 Å². The topological polar surface area (TPSA) is 50.2 Å². The molecule has 25 heavy (non-hydrogen) atoms. The number of rotatable bonds is 8. The van der Waals surface area contributed by atoms with Crippen molar-refractivity contribution in [2.75, 3.05) is 25.0 Å². The highest BCUT2D eigenvalue weighted by molar-refractivity contribution is 5.91. The molecule has 3 rings (SSSR count). The third kappa shape index (κ3) is 4.40. The van der Waals surface area contributed by atoms with E-state index in [-0.39, 0.29) is 5.91 Å². The first-order chi connectivity index (χ1) is 12.2. The van der Waals surface area contributed by atoms with Crippen molar-refractivity contribution < 1.29 is 4.79 Å². The summed E-state index contributed by atoms with van der Waals surface area (Å²) in [6, 6.07) is 8.11. The number of carbonyl (C=O) groups is 1. The highest BCUT2D eigenvalue weighted by Gasteiger charge is 2.20. The van der Waals surface area contributed by atoms with Crippen LogP contribution in [0.1, 0.15) is 46.0 Å². The summed E-state index contributed by atoms with van der Waals surface area (Å²) >= 11 is 0. The summed E-state index contributed by atoms with van der Waals surface area (Å²) in [6.07, 6.45) is 5.53. The van der Waals surface area contributed by atoms with Crippen LogP contribution < -0.4 is 5.32 Å². The van der Waals surface area contributed by atoms with Crippen molar-refractivity contribution in [1.82, 2.24) is 14.5 Å². The number of imidazole rings is 1. The molecular weight excluding hydrogens is 312 g/mol. The molecule has 0 saturated heterocycles. The molecule has 1 N–H and O–H groups in total. The average Bonchev–Trinajstić information content (AvgIpc) is 3.23. The zero-order valence-corrected chi connectivity index (χ0v) is 15.5. The van der Waals surface area contributed by atoms with Crippen molar-refractivity contribution in [2.24, 2.45) is 5.92 Å². The van der Waals surface area contributed by atoms with Crippen LogP contribution in [0.2, 0.25) is 0 Å². The van der Waals surface area contributed by atoms with Gasteiger partial charge in [0.2, 0.25) is 11.9 Å². The summed E-state index contributed by atoms with van der Waals surface area (Å²) in [5.41, 5.74) is 2.03. The molecule has 0 aliphatic heterocycles. The van der Waals surface area contributed by atoms with E-state index in [0.717, 1.165) is 37.2 Å². The molecule has 1 aromatic heterocycles. The van der Waals surface area contributed by atoms with Crippen LogP contribution in [-0.4, -0.2) is 40.0 Å². The van der Waals surface area contributed by atoms with Crippen LogP contribution in [-0.2, 0) is 11.3 Å². The molecule has 0 unspecified atom stereocenters. The molecule has 1 aromatic carbocycles. The van der Waals surface area contributed by atoms with E-state index in [1.165, 1.54) is 25.7 Å². The number of nitrogens with zero attached hydrogens (tertiary/aromatic N) is 3. The molecule has 136 valence electrons. The van der Waals surface area contributed by atoms with Gasteiger partial charge in [-0.15, -0.1) is 0 Å². The first-order valence-corrected chi connectivity index (χ1v) is 9.68. The van der Waals surface area contributed by atoms with Gasteiger partial charge >= 0.3 is 0 Å².